The summed E-state index contributed by atoms with van der Waals surface area (Å²) in [7, 11) is 0. The van der Waals surface area contributed by atoms with Gasteiger partial charge in [0.15, 0.2) is 0 Å². The molecule has 0 amide bonds. The van der Waals surface area contributed by atoms with E-state index in [9.17, 15) is 0 Å². The molecule has 2 rings (SSSR count). The van der Waals surface area contributed by atoms with Gasteiger partial charge in [-0.15, -0.1) is 0 Å². The number of hydrogen-bond acceptors (Lipinski definition) is 1. The third-order valence-electron chi connectivity index (χ3n) is 3.64. The normalized spacial score (nSPS) is 34.0. The predicted octanol–water partition coefficient (Wildman–Crippen LogP) is 2.56. The lowest BCUT2D eigenvalue weighted by molar-refractivity contribution is 0.456. The standard InChI is InChI=1S/C11H21N/c1-11(2)7-10(11)12-8-9-5-3-4-6-9/h9-10,12H,3-8H2,1-2H3. The van der Waals surface area contributed by atoms with Crippen LogP contribution < -0.4 is 5.32 Å². The minimum Gasteiger partial charge on any atom is -0.313 e. The van der Waals surface area contributed by atoms with Gasteiger partial charge in [-0.2, -0.15) is 0 Å². The molecule has 1 atom stereocenters. The van der Waals surface area contributed by atoms with Gasteiger partial charge in [-0.05, 0) is 37.1 Å². The molecule has 1 heteroatoms. The second-order valence-electron chi connectivity index (χ2n) is 5.30. The molecule has 0 spiro atoms. The third kappa shape index (κ3) is 1.82. The Kier molecular flexibility index (Phi) is 2.16. The van der Waals surface area contributed by atoms with Gasteiger partial charge in [0.1, 0.15) is 0 Å². The molecule has 0 aromatic rings. The Morgan fingerprint density at radius 3 is 2.33 bits per heavy atom. The van der Waals surface area contributed by atoms with Crippen LogP contribution in [0.15, 0.2) is 0 Å². The van der Waals surface area contributed by atoms with E-state index < -0.39 is 0 Å². The first kappa shape index (κ1) is 8.55. The lowest BCUT2D eigenvalue weighted by Crippen LogP contribution is -2.26. The van der Waals surface area contributed by atoms with Gasteiger partial charge in [-0.3, -0.25) is 0 Å². The summed E-state index contributed by atoms with van der Waals surface area (Å²) in [5.74, 6) is 1.00. The molecule has 0 aliphatic heterocycles. The first-order chi connectivity index (χ1) is 5.68. The zero-order valence-corrected chi connectivity index (χ0v) is 8.40. The van der Waals surface area contributed by atoms with E-state index in [4.69, 9.17) is 0 Å². The molecular weight excluding hydrogens is 146 g/mol. The molecule has 2 saturated carbocycles. The van der Waals surface area contributed by atoms with Crippen molar-refractivity contribution in [1.29, 1.82) is 0 Å². The van der Waals surface area contributed by atoms with Crippen molar-refractivity contribution in [3.05, 3.63) is 0 Å². The van der Waals surface area contributed by atoms with Crippen molar-refractivity contribution in [2.24, 2.45) is 11.3 Å². The Hall–Kier alpha value is -0.0400. The number of nitrogens with one attached hydrogen (secondary N) is 1. The molecule has 0 aromatic carbocycles. The summed E-state index contributed by atoms with van der Waals surface area (Å²) in [5, 5.41) is 3.69. The molecule has 0 radical (unpaired) electrons. The zero-order chi connectivity index (χ0) is 8.60. The van der Waals surface area contributed by atoms with Crippen LogP contribution in [-0.2, 0) is 0 Å². The van der Waals surface area contributed by atoms with Gasteiger partial charge in [0.05, 0.1) is 0 Å². The van der Waals surface area contributed by atoms with Crippen LogP contribution in [0.2, 0.25) is 0 Å². The molecule has 0 bridgehead atoms. The predicted molar refractivity (Wildman–Crippen MR) is 52.1 cm³/mol. The molecule has 2 aliphatic rings. The molecule has 12 heavy (non-hydrogen) atoms. The topological polar surface area (TPSA) is 12.0 Å². The fraction of sp³-hybridized carbons (Fsp3) is 1.00. The van der Waals surface area contributed by atoms with Crippen LogP contribution in [0.3, 0.4) is 0 Å². The van der Waals surface area contributed by atoms with Crippen LogP contribution in [0.1, 0.15) is 46.0 Å². The number of hydrogen-bond donors (Lipinski definition) is 1. The van der Waals surface area contributed by atoms with E-state index in [2.05, 4.69) is 19.2 Å². The van der Waals surface area contributed by atoms with E-state index in [1.807, 2.05) is 0 Å². The quantitative estimate of drug-likeness (QED) is 0.681. The van der Waals surface area contributed by atoms with Gasteiger partial charge in [0.25, 0.3) is 0 Å². The van der Waals surface area contributed by atoms with Crippen LogP contribution in [0.25, 0.3) is 0 Å². The summed E-state index contributed by atoms with van der Waals surface area (Å²) in [5.41, 5.74) is 0.610. The van der Waals surface area contributed by atoms with Gasteiger partial charge in [-0.25, -0.2) is 0 Å². The lowest BCUT2D eigenvalue weighted by Gasteiger charge is -2.11. The summed E-state index contributed by atoms with van der Waals surface area (Å²) in [6.45, 7) is 6.01. The van der Waals surface area contributed by atoms with Crippen LogP contribution in [0.5, 0.6) is 0 Å². The summed E-state index contributed by atoms with van der Waals surface area (Å²) >= 11 is 0. The summed E-state index contributed by atoms with van der Waals surface area (Å²) in [4.78, 5) is 0. The van der Waals surface area contributed by atoms with E-state index in [1.54, 1.807) is 0 Å². The van der Waals surface area contributed by atoms with Crippen LogP contribution in [-0.4, -0.2) is 12.6 Å². The third-order valence-corrected chi connectivity index (χ3v) is 3.64. The molecular formula is C11H21N. The van der Waals surface area contributed by atoms with Crippen LogP contribution in [0.4, 0.5) is 0 Å². The van der Waals surface area contributed by atoms with E-state index in [-0.39, 0.29) is 0 Å². The Bertz CT molecular complexity index is 152. The smallest absolute Gasteiger partial charge is 0.0125 e. The summed E-state index contributed by atoms with van der Waals surface area (Å²) in [6, 6.07) is 0.832. The Morgan fingerprint density at radius 1 is 1.25 bits per heavy atom. The van der Waals surface area contributed by atoms with Crippen molar-refractivity contribution in [1.82, 2.24) is 5.32 Å². The molecule has 0 aromatic heterocycles. The second kappa shape index (κ2) is 3.02. The van der Waals surface area contributed by atoms with Crippen molar-refractivity contribution in [2.75, 3.05) is 6.54 Å². The lowest BCUT2D eigenvalue weighted by atomic mass is 10.1. The maximum atomic E-state index is 3.69. The minimum absolute atomic E-state index is 0.610. The van der Waals surface area contributed by atoms with Crippen molar-refractivity contribution in [2.45, 2.75) is 52.0 Å². The fourth-order valence-corrected chi connectivity index (χ4v) is 2.34. The SMILES string of the molecule is CC1(C)CC1NCC1CCCC1. The largest absolute Gasteiger partial charge is 0.313 e. The average molecular weight is 167 g/mol. The molecule has 2 aliphatic carbocycles. The van der Waals surface area contributed by atoms with E-state index in [1.165, 1.54) is 38.6 Å². The molecule has 0 saturated heterocycles. The van der Waals surface area contributed by atoms with Crippen LogP contribution in [0, 0.1) is 11.3 Å². The van der Waals surface area contributed by atoms with Crippen molar-refractivity contribution >= 4 is 0 Å². The van der Waals surface area contributed by atoms with Crippen LogP contribution >= 0.6 is 0 Å². The van der Waals surface area contributed by atoms with Gasteiger partial charge in [-0.1, -0.05) is 26.7 Å². The highest BCUT2D eigenvalue weighted by molar-refractivity contribution is 5.01. The van der Waals surface area contributed by atoms with Gasteiger partial charge in [0.2, 0.25) is 0 Å². The molecule has 70 valence electrons. The molecule has 1 N–H and O–H groups in total. The first-order valence-electron chi connectivity index (χ1n) is 5.42. The van der Waals surface area contributed by atoms with Gasteiger partial charge < -0.3 is 5.32 Å². The van der Waals surface area contributed by atoms with Crippen molar-refractivity contribution < 1.29 is 0 Å². The summed E-state index contributed by atoms with van der Waals surface area (Å²) < 4.78 is 0. The zero-order valence-electron chi connectivity index (χ0n) is 8.40. The second-order valence-corrected chi connectivity index (χ2v) is 5.30. The first-order valence-corrected chi connectivity index (χ1v) is 5.42. The van der Waals surface area contributed by atoms with E-state index >= 15 is 0 Å². The maximum Gasteiger partial charge on any atom is 0.0125 e. The highest BCUT2D eigenvalue weighted by Crippen LogP contribution is 2.44. The Labute approximate surface area is 75.9 Å². The molecule has 1 nitrogen and oxygen atoms in total. The van der Waals surface area contributed by atoms with Crippen molar-refractivity contribution in [3.63, 3.8) is 0 Å². The highest BCUT2D eigenvalue weighted by atomic mass is 15.0. The Balaban J connectivity index is 1.63. The summed E-state index contributed by atoms with van der Waals surface area (Å²) in [6.07, 6.45) is 7.28. The Morgan fingerprint density at radius 2 is 1.83 bits per heavy atom. The molecule has 0 heterocycles. The monoisotopic (exact) mass is 167 g/mol. The molecule has 2 fully saturated rings. The van der Waals surface area contributed by atoms with Crippen molar-refractivity contribution in [3.8, 4) is 0 Å². The maximum absolute atomic E-state index is 3.69. The fourth-order valence-electron chi connectivity index (χ4n) is 2.34. The van der Waals surface area contributed by atoms with E-state index in [0.717, 1.165) is 12.0 Å². The van der Waals surface area contributed by atoms with E-state index in [0.29, 0.717) is 5.41 Å². The van der Waals surface area contributed by atoms with Gasteiger partial charge >= 0.3 is 0 Å². The minimum atomic E-state index is 0.610. The number of rotatable bonds is 3. The average Bonchev–Trinajstić information content (AvgIpc) is 2.54. The van der Waals surface area contributed by atoms with Gasteiger partial charge in [0, 0.05) is 6.04 Å². The highest BCUT2D eigenvalue weighted by Gasteiger charge is 2.45. The molecule has 1 unspecified atom stereocenters.